The Morgan fingerprint density at radius 3 is 2.95 bits per heavy atom. The third kappa shape index (κ3) is 3.69. The minimum absolute atomic E-state index is 0.00676. The first-order valence-corrected chi connectivity index (χ1v) is 6.71. The van der Waals surface area contributed by atoms with Gasteiger partial charge >= 0.3 is 12.0 Å². The highest BCUT2D eigenvalue weighted by atomic mass is 19.1. The van der Waals surface area contributed by atoms with Gasteiger partial charge in [-0.1, -0.05) is 6.92 Å². The molecule has 2 N–H and O–H groups in total. The number of amides is 2. The number of carboxylic acids is 1. The first-order chi connectivity index (χ1) is 10.0. The molecule has 0 radical (unpaired) electrons. The van der Waals surface area contributed by atoms with Crippen LogP contribution in [0.5, 0.6) is 0 Å². The quantitative estimate of drug-likeness (QED) is 0.896. The summed E-state index contributed by atoms with van der Waals surface area (Å²) in [4.78, 5) is 24.6. The van der Waals surface area contributed by atoms with Crippen LogP contribution in [0.3, 0.4) is 0 Å². The highest BCUT2D eigenvalue weighted by Gasteiger charge is 2.23. The van der Waals surface area contributed by atoms with Crippen LogP contribution >= 0.6 is 0 Å². The van der Waals surface area contributed by atoms with Gasteiger partial charge < -0.3 is 20.1 Å². The lowest BCUT2D eigenvalue weighted by molar-refractivity contribution is -0.0134. The Balaban J connectivity index is 2.05. The molecule has 2 rings (SSSR count). The largest absolute Gasteiger partial charge is 0.478 e. The van der Waals surface area contributed by atoms with Gasteiger partial charge in [0.25, 0.3) is 0 Å². The average molecular weight is 296 g/mol. The van der Waals surface area contributed by atoms with Crippen molar-refractivity contribution in [3.05, 3.63) is 29.6 Å². The van der Waals surface area contributed by atoms with Crippen LogP contribution in [0.2, 0.25) is 0 Å². The molecule has 0 aliphatic carbocycles. The van der Waals surface area contributed by atoms with Crippen LogP contribution in [-0.4, -0.2) is 47.8 Å². The number of nitrogens with one attached hydrogen (secondary N) is 1. The fourth-order valence-electron chi connectivity index (χ4n) is 2.12. The van der Waals surface area contributed by atoms with Crippen molar-refractivity contribution in [3.63, 3.8) is 0 Å². The Hall–Kier alpha value is -2.15. The number of halogens is 1. The predicted octanol–water partition coefficient (Wildman–Crippen LogP) is 2.17. The maximum absolute atomic E-state index is 13.3. The van der Waals surface area contributed by atoms with E-state index < -0.39 is 17.3 Å². The second-order valence-electron chi connectivity index (χ2n) is 4.78. The number of ether oxygens (including phenoxy) is 1. The van der Waals surface area contributed by atoms with E-state index >= 15 is 0 Å². The fraction of sp³-hybridized carbons (Fsp3) is 0.429. The third-order valence-corrected chi connectivity index (χ3v) is 3.33. The number of morpholine rings is 1. The zero-order valence-electron chi connectivity index (χ0n) is 11.6. The lowest BCUT2D eigenvalue weighted by Gasteiger charge is -2.32. The Bertz CT molecular complexity index is 550. The van der Waals surface area contributed by atoms with Crippen molar-refractivity contribution in [3.8, 4) is 0 Å². The lowest BCUT2D eigenvalue weighted by atomic mass is 10.2. The van der Waals surface area contributed by atoms with E-state index in [1.807, 2.05) is 6.92 Å². The second kappa shape index (κ2) is 6.53. The van der Waals surface area contributed by atoms with E-state index in [0.717, 1.165) is 18.6 Å². The summed E-state index contributed by atoms with van der Waals surface area (Å²) in [6, 6.07) is 3.11. The number of carboxylic acid groups (broad SMARTS) is 1. The summed E-state index contributed by atoms with van der Waals surface area (Å²) in [5.74, 6) is -2.21. The molecule has 1 aromatic rings. The number of urea groups is 1. The Kier molecular flexibility index (Phi) is 4.74. The summed E-state index contributed by atoms with van der Waals surface area (Å²) in [5.41, 5.74) is -0.223. The summed E-state index contributed by atoms with van der Waals surface area (Å²) in [5, 5.41) is 11.4. The molecule has 1 aliphatic heterocycles. The van der Waals surface area contributed by atoms with Gasteiger partial charge in [0, 0.05) is 18.8 Å². The van der Waals surface area contributed by atoms with Crippen molar-refractivity contribution in [1.29, 1.82) is 0 Å². The van der Waals surface area contributed by atoms with Crippen LogP contribution in [0, 0.1) is 5.82 Å². The summed E-state index contributed by atoms with van der Waals surface area (Å²) in [6.45, 7) is 3.39. The van der Waals surface area contributed by atoms with Gasteiger partial charge in [0.1, 0.15) is 5.82 Å². The molecule has 1 aliphatic rings. The molecule has 6 nitrogen and oxygen atoms in total. The van der Waals surface area contributed by atoms with E-state index in [2.05, 4.69) is 5.32 Å². The van der Waals surface area contributed by atoms with E-state index in [9.17, 15) is 14.0 Å². The highest BCUT2D eigenvalue weighted by molar-refractivity contribution is 5.93. The number of aromatic carboxylic acids is 1. The molecule has 0 spiro atoms. The summed E-state index contributed by atoms with van der Waals surface area (Å²) < 4.78 is 18.8. The molecular weight excluding hydrogens is 279 g/mol. The molecule has 1 atom stereocenters. The van der Waals surface area contributed by atoms with Crippen molar-refractivity contribution in [2.24, 2.45) is 0 Å². The number of hydrogen-bond donors (Lipinski definition) is 2. The van der Waals surface area contributed by atoms with Gasteiger partial charge in [0.2, 0.25) is 0 Å². The van der Waals surface area contributed by atoms with Crippen LogP contribution in [0.1, 0.15) is 23.7 Å². The Morgan fingerprint density at radius 2 is 2.29 bits per heavy atom. The number of rotatable bonds is 3. The summed E-state index contributed by atoms with van der Waals surface area (Å²) in [7, 11) is 0. The maximum Gasteiger partial charge on any atom is 0.338 e. The zero-order valence-corrected chi connectivity index (χ0v) is 11.6. The van der Waals surface area contributed by atoms with Crippen molar-refractivity contribution in [2.45, 2.75) is 19.4 Å². The molecule has 2 amide bonds. The van der Waals surface area contributed by atoms with Gasteiger partial charge in [0.05, 0.1) is 18.3 Å². The number of carbonyl (C=O) groups is 2. The number of nitrogens with zero attached hydrogens (tertiary/aromatic N) is 1. The second-order valence-corrected chi connectivity index (χ2v) is 4.78. The van der Waals surface area contributed by atoms with E-state index in [1.165, 1.54) is 6.07 Å². The molecule has 21 heavy (non-hydrogen) atoms. The van der Waals surface area contributed by atoms with Crippen molar-refractivity contribution < 1.29 is 23.8 Å². The normalized spacial score (nSPS) is 18.4. The van der Waals surface area contributed by atoms with Crippen LogP contribution in [-0.2, 0) is 4.74 Å². The van der Waals surface area contributed by atoms with Gasteiger partial charge in [-0.2, -0.15) is 0 Å². The van der Waals surface area contributed by atoms with Gasteiger partial charge in [-0.05, 0) is 24.6 Å². The molecule has 114 valence electrons. The first kappa shape index (κ1) is 15.2. The number of benzene rings is 1. The highest BCUT2D eigenvalue weighted by Crippen LogP contribution is 2.16. The number of carbonyl (C=O) groups excluding carboxylic acids is 1. The van der Waals surface area contributed by atoms with E-state index in [4.69, 9.17) is 9.84 Å². The molecule has 1 saturated heterocycles. The zero-order chi connectivity index (χ0) is 15.4. The smallest absolute Gasteiger partial charge is 0.338 e. The lowest BCUT2D eigenvalue weighted by Crippen LogP contribution is -2.47. The molecule has 7 heteroatoms. The topological polar surface area (TPSA) is 78.9 Å². The van der Waals surface area contributed by atoms with E-state index in [0.29, 0.717) is 19.7 Å². The molecule has 0 aromatic heterocycles. The molecule has 1 unspecified atom stereocenters. The van der Waals surface area contributed by atoms with Gasteiger partial charge in [-0.25, -0.2) is 14.0 Å². The average Bonchev–Trinajstić information content (AvgIpc) is 2.49. The first-order valence-electron chi connectivity index (χ1n) is 6.71. The Labute approximate surface area is 121 Å². The fourth-order valence-corrected chi connectivity index (χ4v) is 2.12. The minimum Gasteiger partial charge on any atom is -0.478 e. The maximum atomic E-state index is 13.3. The van der Waals surface area contributed by atoms with E-state index in [1.54, 1.807) is 4.90 Å². The molecule has 1 fully saturated rings. The van der Waals surface area contributed by atoms with Gasteiger partial charge in [-0.15, -0.1) is 0 Å². The van der Waals surface area contributed by atoms with Crippen LogP contribution < -0.4 is 5.32 Å². The monoisotopic (exact) mass is 296 g/mol. The van der Waals surface area contributed by atoms with Crippen LogP contribution in [0.15, 0.2) is 18.2 Å². The van der Waals surface area contributed by atoms with Gasteiger partial charge in [-0.3, -0.25) is 0 Å². The summed E-state index contributed by atoms with van der Waals surface area (Å²) in [6.07, 6.45) is 0.816. The minimum atomic E-state index is -1.37. The molecule has 1 aromatic carbocycles. The molecule has 0 saturated carbocycles. The van der Waals surface area contributed by atoms with E-state index in [-0.39, 0.29) is 17.8 Å². The van der Waals surface area contributed by atoms with Crippen molar-refractivity contribution in [2.75, 3.05) is 25.0 Å². The van der Waals surface area contributed by atoms with Crippen LogP contribution in [0.4, 0.5) is 14.9 Å². The molecule has 1 heterocycles. The molecule has 0 bridgehead atoms. The van der Waals surface area contributed by atoms with Crippen molar-refractivity contribution >= 4 is 17.7 Å². The third-order valence-electron chi connectivity index (χ3n) is 3.33. The molecular formula is C14H17FN2O4. The number of hydrogen-bond acceptors (Lipinski definition) is 3. The number of anilines is 1. The summed E-state index contributed by atoms with van der Waals surface area (Å²) >= 11 is 0. The predicted molar refractivity (Wildman–Crippen MR) is 74.0 cm³/mol. The van der Waals surface area contributed by atoms with Crippen LogP contribution in [0.25, 0.3) is 0 Å². The Morgan fingerprint density at radius 1 is 1.52 bits per heavy atom. The SMILES string of the molecule is CCC1CN(C(=O)Nc2ccc(F)c(C(=O)O)c2)CCO1. The standard InChI is InChI=1S/C14H17FN2O4/c1-2-10-8-17(5-6-21-10)14(20)16-9-3-4-12(15)11(7-9)13(18)19/h3-4,7,10H,2,5-6,8H2,1H3,(H,16,20)(H,18,19). The van der Waals surface area contributed by atoms with Gasteiger partial charge in [0.15, 0.2) is 0 Å². The van der Waals surface area contributed by atoms with Crippen molar-refractivity contribution in [1.82, 2.24) is 4.90 Å².